The topological polar surface area (TPSA) is 77.8 Å². The number of rotatable bonds is 0. The Morgan fingerprint density at radius 1 is 1.25 bits per heavy atom. The summed E-state index contributed by atoms with van der Waals surface area (Å²) in [6, 6.07) is 0. The molecule has 0 radical (unpaired) electrons. The van der Waals surface area contributed by atoms with E-state index in [1.807, 2.05) is 0 Å². The molecule has 0 amide bonds. The van der Waals surface area contributed by atoms with Crippen molar-refractivity contribution in [3.05, 3.63) is 0 Å². The Bertz CT molecular complexity index is 62.2. The van der Waals surface area contributed by atoms with Crippen LogP contribution in [0.5, 0.6) is 0 Å². The maximum absolute atomic E-state index is 9.31. The van der Waals surface area contributed by atoms with Crippen LogP contribution in [0.2, 0.25) is 0 Å². The minimum atomic E-state index is -4.64. The van der Waals surface area contributed by atoms with Crippen molar-refractivity contribution in [2.75, 3.05) is 0 Å². The second-order valence-electron chi connectivity index (χ2n) is 0.513. The van der Waals surface area contributed by atoms with Crippen LogP contribution in [0, 0.1) is 0 Å². The third kappa shape index (κ3) is 88.0. The van der Waals surface area contributed by atoms with E-state index in [9.17, 15) is 3.55 Å². The van der Waals surface area contributed by atoms with E-state index in [4.69, 9.17) is 19.2 Å². The molecule has 0 aliphatic rings. The average Bonchev–Trinajstić information content (AvgIpc) is 1.36. The van der Waals surface area contributed by atoms with Crippen LogP contribution in [-0.4, -0.2) is 66.1 Å². The van der Waals surface area contributed by atoms with Gasteiger partial charge in [-0.2, -0.15) is 0 Å². The van der Waals surface area contributed by atoms with Crippen LogP contribution in [0.15, 0.2) is 0 Å². The van der Waals surface area contributed by atoms with Gasteiger partial charge in [-0.25, -0.2) is 4.57 Å². The van der Waals surface area contributed by atoms with Crippen LogP contribution in [0.1, 0.15) is 0 Å². The molecule has 0 aromatic heterocycles. The van der Waals surface area contributed by atoms with Crippen molar-refractivity contribution in [2.24, 2.45) is 0 Å². The zero-order valence-electron chi connectivity index (χ0n) is 2.95. The van der Waals surface area contributed by atoms with Gasteiger partial charge >= 0.3 is 79.2 Å². The van der Waals surface area contributed by atoms with Crippen molar-refractivity contribution in [1.82, 2.24) is 0 Å². The molecule has 0 aromatic rings. The van der Waals surface area contributed by atoms with Gasteiger partial charge < -0.3 is 14.7 Å². The summed E-state index contributed by atoms with van der Waals surface area (Å²) >= 11 is 1.44. The summed E-state index contributed by atoms with van der Waals surface area (Å²) in [5.74, 6) is 0. The molecular weight excluding hydrogens is 208 g/mol. The molecule has 0 saturated carbocycles. The van der Waals surface area contributed by atoms with Crippen LogP contribution in [0.3, 0.4) is 0 Å². The summed E-state index contributed by atoms with van der Waals surface area (Å²) in [5.41, 5.74) is 0. The fourth-order valence-electron chi connectivity index (χ4n) is 0. The van der Waals surface area contributed by atoms with Crippen LogP contribution in [0.25, 0.3) is 0 Å². The quantitative estimate of drug-likeness (QED) is 0.349. The second-order valence-corrected chi connectivity index (χ2v) is 1.54. The number of hydrogen-bond donors (Lipinski definition) is 3. The van der Waals surface area contributed by atoms with Gasteiger partial charge in [-0.3, -0.25) is 0 Å². The number of phosphoric acid groups is 1. The average molecular weight is 212 g/mol. The van der Waals surface area contributed by atoms with Crippen molar-refractivity contribution in [1.29, 1.82) is 0 Å². The molecule has 0 rings (SSSR count). The monoisotopic (exact) mass is 212 g/mol. The first-order valence-corrected chi connectivity index (χ1v) is 2.94. The van der Waals surface area contributed by atoms with E-state index in [0.29, 0.717) is 0 Å². The Morgan fingerprint density at radius 2 is 1.25 bits per heavy atom. The second kappa shape index (κ2) is 9.20. The van der Waals surface area contributed by atoms with Gasteiger partial charge in [0.1, 0.15) is 0 Å². The van der Waals surface area contributed by atoms with Crippen LogP contribution in [0.4, 0.5) is 3.55 Å². The standard InChI is InChI=1S/FH.K.Mn.H3O4P.H/c;;;1-5(2,3)4;/h1H;;;(H3,1,2,3,4);/q;;+1;;/p-1. The molecule has 0 aliphatic carbocycles. The first kappa shape index (κ1) is 16.7. The van der Waals surface area contributed by atoms with E-state index in [2.05, 4.69) is 0 Å². The Morgan fingerprint density at radius 3 is 1.25 bits per heavy atom. The first-order valence-electron chi connectivity index (χ1n) is 0.925. The molecule has 8 heteroatoms. The summed E-state index contributed by atoms with van der Waals surface area (Å²) in [6.45, 7) is 0. The summed E-state index contributed by atoms with van der Waals surface area (Å²) in [4.78, 5) is 21.6. The SMILES string of the molecule is O=P(O)(O)O.[F][Mn].[KH]. The molecule has 48 valence electrons. The minimum absolute atomic E-state index is 0. The van der Waals surface area contributed by atoms with Gasteiger partial charge in [0, 0.05) is 0 Å². The number of halogens is 1. The fraction of sp³-hybridized carbons (Fsp3) is 0. The van der Waals surface area contributed by atoms with E-state index in [0.717, 1.165) is 0 Å². The van der Waals surface area contributed by atoms with E-state index in [-0.39, 0.29) is 51.4 Å². The van der Waals surface area contributed by atoms with Crippen molar-refractivity contribution in [3.63, 3.8) is 0 Å². The van der Waals surface area contributed by atoms with Gasteiger partial charge in [-0.15, -0.1) is 0 Å². The molecule has 0 fully saturated rings. The molecule has 0 bridgehead atoms. The van der Waals surface area contributed by atoms with Crippen molar-refractivity contribution < 1.29 is 39.3 Å². The Labute approximate surface area is 96.8 Å². The van der Waals surface area contributed by atoms with E-state index in [1.54, 1.807) is 0 Å². The van der Waals surface area contributed by atoms with Gasteiger partial charge in [0.2, 0.25) is 0 Å². The maximum atomic E-state index is 9.31. The first-order chi connectivity index (χ1) is 3.00. The summed E-state index contributed by atoms with van der Waals surface area (Å²) in [6.07, 6.45) is 0. The fourth-order valence-corrected chi connectivity index (χ4v) is 0. The van der Waals surface area contributed by atoms with Crippen molar-refractivity contribution >= 4 is 59.2 Å². The predicted octanol–water partition coefficient (Wildman–Crippen LogP) is -1.16. The van der Waals surface area contributed by atoms with Crippen LogP contribution in [-0.2, 0) is 21.0 Å². The van der Waals surface area contributed by atoms with Crippen molar-refractivity contribution in [2.45, 2.75) is 0 Å². The zero-order chi connectivity index (χ0) is 6.50. The van der Waals surface area contributed by atoms with Gasteiger partial charge in [0.25, 0.3) is 0 Å². The summed E-state index contributed by atoms with van der Waals surface area (Å²) in [5, 5.41) is 0. The Kier molecular flexibility index (Phi) is 19.1. The van der Waals surface area contributed by atoms with Gasteiger partial charge in [0.05, 0.1) is 0 Å². The summed E-state index contributed by atoms with van der Waals surface area (Å²) in [7, 11) is -4.64. The third-order valence-electron chi connectivity index (χ3n) is 0. The Balaban J connectivity index is -0.0000000750. The van der Waals surface area contributed by atoms with E-state index < -0.39 is 7.82 Å². The van der Waals surface area contributed by atoms with Crippen LogP contribution < -0.4 is 0 Å². The number of hydrogen-bond acceptors (Lipinski definition) is 1. The van der Waals surface area contributed by atoms with E-state index >= 15 is 0 Å². The third-order valence-corrected chi connectivity index (χ3v) is 0. The molecule has 3 N–H and O–H groups in total. The molecule has 0 aromatic carbocycles. The predicted molar refractivity (Wildman–Crippen MR) is 22.5 cm³/mol. The molecule has 0 spiro atoms. The summed E-state index contributed by atoms with van der Waals surface area (Å²) < 4.78 is 18.2. The zero-order valence-corrected chi connectivity index (χ0v) is 5.03. The van der Waals surface area contributed by atoms with Gasteiger partial charge in [0.15, 0.2) is 0 Å². The normalized spacial score (nSPS) is 8.12. The molecule has 0 aliphatic heterocycles. The molecule has 0 unspecified atom stereocenters. The van der Waals surface area contributed by atoms with Crippen molar-refractivity contribution in [3.8, 4) is 0 Å². The molecule has 0 saturated heterocycles. The van der Waals surface area contributed by atoms with Gasteiger partial charge in [-0.05, 0) is 0 Å². The molecule has 0 atom stereocenters. The van der Waals surface area contributed by atoms with E-state index in [1.165, 1.54) is 16.5 Å². The molecule has 0 heterocycles. The Hall–Kier alpha value is 2.20. The molecule has 4 nitrogen and oxygen atoms in total. The molecular formula is H4FKMnO4P. The molecule has 8 heavy (non-hydrogen) atoms. The van der Waals surface area contributed by atoms with Crippen LogP contribution >= 0.6 is 7.82 Å². The van der Waals surface area contributed by atoms with Gasteiger partial charge in [-0.1, -0.05) is 0 Å².